The fourth-order valence-electron chi connectivity index (χ4n) is 1.87. The van der Waals surface area contributed by atoms with Crippen molar-refractivity contribution in [2.75, 3.05) is 7.05 Å². The van der Waals surface area contributed by atoms with Gasteiger partial charge in [-0.2, -0.15) is 0 Å². The van der Waals surface area contributed by atoms with Gasteiger partial charge in [0.1, 0.15) is 6.54 Å². The van der Waals surface area contributed by atoms with Gasteiger partial charge in [-0.05, 0) is 23.9 Å². The van der Waals surface area contributed by atoms with E-state index in [2.05, 4.69) is 0 Å². The smallest absolute Gasteiger partial charge is 0.331 e. The van der Waals surface area contributed by atoms with Crippen molar-refractivity contribution in [3.05, 3.63) is 55.0 Å². The largest absolute Gasteiger partial charge is 0.339 e. The summed E-state index contributed by atoms with van der Waals surface area (Å²) in [6.07, 6.45) is 1.35. The van der Waals surface area contributed by atoms with Crippen molar-refractivity contribution in [3.63, 3.8) is 0 Å². The molecule has 0 radical (unpaired) electrons. The normalized spacial score (nSPS) is 10.6. The Kier molecular flexibility index (Phi) is 4.42. The van der Waals surface area contributed by atoms with Crippen molar-refractivity contribution in [2.45, 2.75) is 20.0 Å². The van der Waals surface area contributed by atoms with E-state index in [4.69, 9.17) is 0 Å². The third-order valence-corrected chi connectivity index (χ3v) is 4.35. The van der Waals surface area contributed by atoms with Crippen LogP contribution < -0.4 is 11.2 Å². The molecule has 7 heteroatoms. The quantitative estimate of drug-likeness (QED) is 0.830. The number of hydrogen-bond acceptors (Lipinski definition) is 4. The third-order valence-electron chi connectivity index (χ3n) is 3.34. The topological polar surface area (TPSA) is 64.3 Å². The molecule has 0 atom stereocenters. The molecular weight excluding hydrogens is 290 g/mol. The maximum absolute atomic E-state index is 12.2. The molecule has 6 nitrogen and oxygen atoms in total. The molecule has 0 bridgehead atoms. The maximum atomic E-state index is 12.2. The van der Waals surface area contributed by atoms with Gasteiger partial charge in [-0.3, -0.25) is 18.7 Å². The number of aromatic nitrogens is 2. The SMILES string of the molecule is Cc1ccsc1CN(C)C(=O)Cn1ccc(=O)n(C)c1=O. The van der Waals surface area contributed by atoms with Crippen LogP contribution in [0.3, 0.4) is 0 Å². The lowest BCUT2D eigenvalue weighted by Crippen LogP contribution is -2.40. The Hall–Kier alpha value is -2.15. The minimum atomic E-state index is -0.489. The lowest BCUT2D eigenvalue weighted by molar-refractivity contribution is -0.131. The van der Waals surface area contributed by atoms with Crippen molar-refractivity contribution < 1.29 is 4.79 Å². The van der Waals surface area contributed by atoms with Gasteiger partial charge in [-0.1, -0.05) is 0 Å². The van der Waals surface area contributed by atoms with Crippen molar-refractivity contribution in [3.8, 4) is 0 Å². The molecule has 0 aliphatic heterocycles. The first-order chi connectivity index (χ1) is 9.90. The van der Waals surface area contributed by atoms with Crippen LogP contribution >= 0.6 is 11.3 Å². The van der Waals surface area contributed by atoms with Gasteiger partial charge in [0.05, 0.1) is 6.54 Å². The highest BCUT2D eigenvalue weighted by Gasteiger charge is 2.13. The zero-order valence-electron chi connectivity index (χ0n) is 12.2. The van der Waals surface area contributed by atoms with E-state index >= 15 is 0 Å². The third kappa shape index (κ3) is 3.30. The molecule has 2 heterocycles. The molecule has 0 unspecified atom stereocenters. The number of carbonyl (C=O) groups excluding carboxylic acids is 1. The monoisotopic (exact) mass is 307 g/mol. The lowest BCUT2D eigenvalue weighted by Gasteiger charge is -2.17. The molecule has 2 aromatic heterocycles. The Balaban J connectivity index is 2.11. The Morgan fingerprint density at radius 1 is 1.33 bits per heavy atom. The van der Waals surface area contributed by atoms with E-state index in [9.17, 15) is 14.4 Å². The second-order valence-corrected chi connectivity index (χ2v) is 5.90. The summed E-state index contributed by atoms with van der Waals surface area (Å²) in [4.78, 5) is 38.1. The van der Waals surface area contributed by atoms with Crippen LogP contribution in [0.25, 0.3) is 0 Å². The van der Waals surface area contributed by atoms with Gasteiger partial charge in [-0.25, -0.2) is 4.79 Å². The summed E-state index contributed by atoms with van der Waals surface area (Å²) in [5.41, 5.74) is 0.279. The van der Waals surface area contributed by atoms with Crippen LogP contribution in [0.1, 0.15) is 10.4 Å². The van der Waals surface area contributed by atoms with Crippen molar-refractivity contribution >= 4 is 17.2 Å². The molecule has 0 aliphatic carbocycles. The number of thiophene rings is 1. The molecule has 0 saturated heterocycles. The zero-order valence-corrected chi connectivity index (χ0v) is 13.0. The van der Waals surface area contributed by atoms with E-state index in [1.807, 2.05) is 18.4 Å². The van der Waals surface area contributed by atoms with E-state index < -0.39 is 5.69 Å². The second kappa shape index (κ2) is 6.09. The van der Waals surface area contributed by atoms with Crippen molar-refractivity contribution in [1.82, 2.24) is 14.0 Å². The summed E-state index contributed by atoms with van der Waals surface area (Å²) in [6.45, 7) is 2.44. The molecule has 0 aromatic carbocycles. The molecule has 1 amide bonds. The summed E-state index contributed by atoms with van der Waals surface area (Å²) < 4.78 is 2.22. The Morgan fingerprint density at radius 2 is 2.05 bits per heavy atom. The fraction of sp³-hybridized carbons (Fsp3) is 0.357. The molecular formula is C14H17N3O3S. The van der Waals surface area contributed by atoms with Crippen LogP contribution in [0, 0.1) is 6.92 Å². The number of hydrogen-bond donors (Lipinski definition) is 0. The molecule has 0 N–H and O–H groups in total. The van der Waals surface area contributed by atoms with Gasteiger partial charge in [0.25, 0.3) is 5.56 Å². The summed E-state index contributed by atoms with van der Waals surface area (Å²) in [7, 11) is 3.10. The van der Waals surface area contributed by atoms with Gasteiger partial charge >= 0.3 is 5.69 Å². The van der Waals surface area contributed by atoms with Crippen LogP contribution in [-0.2, 0) is 24.9 Å². The number of likely N-dealkylation sites (N-methyl/N-ethyl adjacent to an activating group) is 1. The number of nitrogens with zero attached hydrogens (tertiary/aromatic N) is 3. The van der Waals surface area contributed by atoms with Crippen LogP contribution in [-0.4, -0.2) is 27.0 Å². The van der Waals surface area contributed by atoms with Crippen molar-refractivity contribution in [1.29, 1.82) is 0 Å². The van der Waals surface area contributed by atoms with Crippen LogP contribution in [0.2, 0.25) is 0 Å². The molecule has 0 spiro atoms. The van der Waals surface area contributed by atoms with E-state index in [0.717, 1.165) is 15.0 Å². The number of aryl methyl sites for hydroxylation is 1. The highest BCUT2D eigenvalue weighted by Crippen LogP contribution is 2.17. The first-order valence-electron chi connectivity index (χ1n) is 6.43. The highest BCUT2D eigenvalue weighted by atomic mass is 32.1. The first-order valence-corrected chi connectivity index (χ1v) is 7.31. The number of rotatable bonds is 4. The Bertz CT molecular complexity index is 772. The van der Waals surface area contributed by atoms with Crippen LogP contribution in [0.15, 0.2) is 33.3 Å². The molecule has 0 saturated carbocycles. The predicted octanol–water partition coefficient (Wildman–Crippen LogP) is 0.576. The van der Waals surface area contributed by atoms with E-state index in [0.29, 0.717) is 6.54 Å². The molecule has 0 aliphatic rings. The van der Waals surface area contributed by atoms with E-state index in [-0.39, 0.29) is 18.0 Å². The van der Waals surface area contributed by atoms with Gasteiger partial charge in [0.15, 0.2) is 0 Å². The van der Waals surface area contributed by atoms with Gasteiger partial charge in [-0.15, -0.1) is 11.3 Å². The van der Waals surface area contributed by atoms with E-state index in [1.54, 1.807) is 23.3 Å². The Labute approximate surface area is 125 Å². The maximum Gasteiger partial charge on any atom is 0.331 e. The van der Waals surface area contributed by atoms with E-state index in [1.165, 1.54) is 23.9 Å². The highest BCUT2D eigenvalue weighted by molar-refractivity contribution is 7.10. The molecule has 2 rings (SSSR count). The standard InChI is InChI=1S/C14H17N3O3S/c1-10-5-7-21-11(10)8-15(2)13(19)9-17-6-4-12(18)16(3)14(17)20/h4-7H,8-9H2,1-3H3. The van der Waals surface area contributed by atoms with Crippen LogP contribution in [0.4, 0.5) is 0 Å². The first kappa shape index (κ1) is 15.2. The fourth-order valence-corrected chi connectivity index (χ4v) is 2.83. The molecule has 112 valence electrons. The average Bonchev–Trinajstić information content (AvgIpc) is 2.85. The summed E-state index contributed by atoms with van der Waals surface area (Å²) in [5, 5.41) is 1.99. The second-order valence-electron chi connectivity index (χ2n) is 4.90. The lowest BCUT2D eigenvalue weighted by atomic mass is 10.3. The minimum absolute atomic E-state index is 0.0755. The van der Waals surface area contributed by atoms with Crippen molar-refractivity contribution in [2.24, 2.45) is 7.05 Å². The molecule has 21 heavy (non-hydrogen) atoms. The van der Waals surface area contributed by atoms with Crippen LogP contribution in [0.5, 0.6) is 0 Å². The van der Waals surface area contributed by atoms with Gasteiger partial charge in [0, 0.05) is 31.2 Å². The minimum Gasteiger partial charge on any atom is -0.339 e. The van der Waals surface area contributed by atoms with Gasteiger partial charge in [0.2, 0.25) is 5.91 Å². The summed E-state index contributed by atoms with van der Waals surface area (Å²) in [5.74, 6) is -0.177. The number of amides is 1. The predicted molar refractivity (Wildman–Crippen MR) is 81.5 cm³/mol. The average molecular weight is 307 g/mol. The zero-order chi connectivity index (χ0) is 15.6. The summed E-state index contributed by atoms with van der Waals surface area (Å²) >= 11 is 1.60. The summed E-state index contributed by atoms with van der Waals surface area (Å²) in [6, 6.07) is 3.29. The van der Waals surface area contributed by atoms with Gasteiger partial charge < -0.3 is 4.90 Å². The molecule has 0 fully saturated rings. The Morgan fingerprint density at radius 3 is 2.67 bits per heavy atom. The molecule has 2 aromatic rings. The number of carbonyl (C=O) groups is 1.